The molecular formula is C17H10BrCl2N3O2. The number of nitrogens with zero attached hydrogens (tertiary/aromatic N) is 2. The van der Waals surface area contributed by atoms with Gasteiger partial charge in [-0.05, 0) is 42.5 Å². The molecule has 25 heavy (non-hydrogen) atoms. The maximum absolute atomic E-state index is 12.3. The normalized spacial score (nSPS) is 10.5. The number of amides is 1. The Labute approximate surface area is 161 Å². The zero-order valence-electron chi connectivity index (χ0n) is 12.5. The number of aromatic nitrogens is 2. The van der Waals surface area contributed by atoms with E-state index in [1.54, 1.807) is 36.4 Å². The van der Waals surface area contributed by atoms with Gasteiger partial charge in [-0.15, -0.1) is 0 Å². The number of rotatable bonds is 3. The van der Waals surface area contributed by atoms with Crippen LogP contribution in [0, 0.1) is 0 Å². The second kappa shape index (κ2) is 7.39. The minimum absolute atomic E-state index is 0.0907. The molecule has 1 amide bonds. The summed E-state index contributed by atoms with van der Waals surface area (Å²) < 4.78 is 1.98. The highest BCUT2D eigenvalue weighted by Crippen LogP contribution is 2.18. The summed E-state index contributed by atoms with van der Waals surface area (Å²) in [5, 5.41) is 6.72. The molecule has 0 unspecified atom stereocenters. The van der Waals surface area contributed by atoms with Crippen LogP contribution in [0.2, 0.25) is 10.0 Å². The van der Waals surface area contributed by atoms with E-state index in [9.17, 15) is 9.59 Å². The van der Waals surface area contributed by atoms with E-state index in [4.69, 9.17) is 23.2 Å². The smallest absolute Gasteiger partial charge is 0.291 e. The van der Waals surface area contributed by atoms with Gasteiger partial charge in [0, 0.05) is 15.7 Å². The van der Waals surface area contributed by atoms with Gasteiger partial charge in [-0.3, -0.25) is 9.59 Å². The zero-order chi connectivity index (χ0) is 18.0. The largest absolute Gasteiger partial charge is 0.322 e. The molecule has 1 N–H and O–H groups in total. The first-order chi connectivity index (χ1) is 12.0. The van der Waals surface area contributed by atoms with Gasteiger partial charge in [-0.25, -0.2) is 0 Å². The monoisotopic (exact) mass is 437 g/mol. The van der Waals surface area contributed by atoms with Gasteiger partial charge in [0.15, 0.2) is 0 Å². The Morgan fingerprint density at radius 2 is 1.84 bits per heavy atom. The molecule has 8 heteroatoms. The first-order valence-electron chi connectivity index (χ1n) is 7.06. The molecule has 0 saturated carbocycles. The van der Waals surface area contributed by atoms with Crippen LogP contribution in [0.5, 0.6) is 0 Å². The fourth-order valence-corrected chi connectivity index (χ4v) is 2.77. The van der Waals surface area contributed by atoms with Crippen molar-refractivity contribution in [3.63, 3.8) is 0 Å². The third-order valence-corrected chi connectivity index (χ3v) is 4.57. The topological polar surface area (TPSA) is 64.0 Å². The molecule has 1 heterocycles. The molecule has 0 saturated heterocycles. The molecule has 0 spiro atoms. The third-order valence-electron chi connectivity index (χ3n) is 3.33. The number of hydrogen-bond acceptors (Lipinski definition) is 3. The van der Waals surface area contributed by atoms with Crippen LogP contribution >= 0.6 is 39.1 Å². The van der Waals surface area contributed by atoms with Crippen LogP contribution in [0.25, 0.3) is 5.69 Å². The lowest BCUT2D eigenvalue weighted by Gasteiger charge is -2.08. The quantitative estimate of drug-likeness (QED) is 0.652. The van der Waals surface area contributed by atoms with Gasteiger partial charge in [0.1, 0.15) is 5.02 Å². The highest BCUT2D eigenvalue weighted by atomic mass is 79.9. The van der Waals surface area contributed by atoms with Crippen molar-refractivity contribution in [1.29, 1.82) is 0 Å². The number of nitrogens with one attached hydrogen (secondary N) is 1. The minimum atomic E-state index is -0.527. The molecule has 5 nitrogen and oxygen atoms in total. The van der Waals surface area contributed by atoms with Crippen molar-refractivity contribution in [3.8, 4) is 5.69 Å². The lowest BCUT2D eigenvalue weighted by Crippen LogP contribution is -2.21. The molecule has 0 radical (unpaired) electrons. The Morgan fingerprint density at radius 3 is 2.52 bits per heavy atom. The zero-order valence-corrected chi connectivity index (χ0v) is 15.6. The van der Waals surface area contributed by atoms with Gasteiger partial charge in [0.2, 0.25) is 0 Å². The Morgan fingerprint density at radius 1 is 1.12 bits per heavy atom. The maximum Gasteiger partial charge on any atom is 0.291 e. The number of carbonyl (C=O) groups excluding carboxylic acids is 1. The van der Waals surface area contributed by atoms with Gasteiger partial charge < -0.3 is 5.32 Å². The summed E-state index contributed by atoms with van der Waals surface area (Å²) in [4.78, 5) is 24.4. The third kappa shape index (κ3) is 3.92. The van der Waals surface area contributed by atoms with Gasteiger partial charge in [-0.2, -0.15) is 9.78 Å². The van der Waals surface area contributed by atoms with Crippen molar-refractivity contribution in [2.24, 2.45) is 0 Å². The lowest BCUT2D eigenvalue weighted by molar-refractivity contribution is 0.102. The van der Waals surface area contributed by atoms with E-state index in [1.807, 2.05) is 12.1 Å². The van der Waals surface area contributed by atoms with Crippen molar-refractivity contribution in [2.75, 3.05) is 5.32 Å². The van der Waals surface area contributed by atoms with Crippen molar-refractivity contribution in [2.45, 2.75) is 0 Å². The van der Waals surface area contributed by atoms with Crippen molar-refractivity contribution < 1.29 is 4.79 Å². The lowest BCUT2D eigenvalue weighted by atomic mass is 10.2. The average Bonchev–Trinajstić information content (AvgIpc) is 2.60. The number of hydrogen-bond donors (Lipinski definition) is 1. The van der Waals surface area contributed by atoms with Gasteiger partial charge in [-0.1, -0.05) is 45.2 Å². The molecule has 0 aliphatic carbocycles. The highest BCUT2D eigenvalue weighted by molar-refractivity contribution is 9.10. The van der Waals surface area contributed by atoms with E-state index in [-0.39, 0.29) is 16.0 Å². The number of benzene rings is 2. The van der Waals surface area contributed by atoms with E-state index in [0.717, 1.165) is 9.15 Å². The Bertz CT molecular complexity index is 1000. The second-order valence-corrected chi connectivity index (χ2v) is 6.74. The van der Waals surface area contributed by atoms with Gasteiger partial charge in [0.25, 0.3) is 11.5 Å². The molecule has 0 fully saturated rings. The van der Waals surface area contributed by atoms with Crippen LogP contribution < -0.4 is 10.9 Å². The second-order valence-electron chi connectivity index (χ2n) is 5.03. The summed E-state index contributed by atoms with van der Waals surface area (Å²) in [6, 6.07) is 13.7. The SMILES string of the molecule is O=C(Nc1cccc(Br)c1)c1ccc(-n2ncc(Cl)c(Cl)c2=O)cc1. The Kier molecular flexibility index (Phi) is 5.22. The Hall–Kier alpha value is -2.15. The van der Waals surface area contributed by atoms with E-state index >= 15 is 0 Å². The predicted octanol–water partition coefficient (Wildman–Crippen LogP) is 4.55. The molecule has 126 valence electrons. The average molecular weight is 439 g/mol. The van der Waals surface area contributed by atoms with E-state index < -0.39 is 5.56 Å². The van der Waals surface area contributed by atoms with E-state index in [2.05, 4.69) is 26.3 Å². The van der Waals surface area contributed by atoms with Crippen LogP contribution in [0.4, 0.5) is 5.69 Å². The summed E-state index contributed by atoms with van der Waals surface area (Å²) in [5.74, 6) is -0.265. The summed E-state index contributed by atoms with van der Waals surface area (Å²) >= 11 is 15.0. The molecular weight excluding hydrogens is 429 g/mol. The van der Waals surface area contributed by atoms with Gasteiger partial charge in [0.05, 0.1) is 16.9 Å². The summed E-state index contributed by atoms with van der Waals surface area (Å²) in [5.41, 5.74) is 1.06. The number of anilines is 1. The maximum atomic E-state index is 12.3. The van der Waals surface area contributed by atoms with Crippen LogP contribution in [0.15, 0.2) is 64.0 Å². The van der Waals surface area contributed by atoms with Crippen molar-refractivity contribution in [3.05, 3.63) is 85.2 Å². The summed E-state index contributed by atoms with van der Waals surface area (Å²) in [6.07, 6.45) is 1.29. The number of halogens is 3. The fraction of sp³-hybridized carbons (Fsp3) is 0. The standard InChI is InChI=1S/C17H10BrCl2N3O2/c18-11-2-1-3-12(8-11)22-16(24)10-4-6-13(7-5-10)23-17(25)15(20)14(19)9-21-23/h1-9H,(H,22,24). The summed E-state index contributed by atoms with van der Waals surface area (Å²) in [7, 11) is 0. The molecule has 2 aromatic carbocycles. The number of carbonyl (C=O) groups is 1. The highest BCUT2D eigenvalue weighted by Gasteiger charge is 2.11. The van der Waals surface area contributed by atoms with Crippen LogP contribution in [-0.2, 0) is 0 Å². The minimum Gasteiger partial charge on any atom is -0.322 e. The Balaban J connectivity index is 1.84. The van der Waals surface area contributed by atoms with E-state index in [0.29, 0.717) is 16.9 Å². The molecule has 0 bridgehead atoms. The molecule has 3 aromatic rings. The molecule has 3 rings (SSSR count). The predicted molar refractivity (Wildman–Crippen MR) is 102 cm³/mol. The molecule has 1 aromatic heterocycles. The van der Waals surface area contributed by atoms with Crippen LogP contribution in [0.3, 0.4) is 0 Å². The fourth-order valence-electron chi connectivity index (χ4n) is 2.12. The summed E-state index contributed by atoms with van der Waals surface area (Å²) in [6.45, 7) is 0. The van der Waals surface area contributed by atoms with Crippen molar-refractivity contribution in [1.82, 2.24) is 9.78 Å². The first-order valence-corrected chi connectivity index (χ1v) is 8.61. The molecule has 0 aliphatic heterocycles. The molecule has 0 atom stereocenters. The van der Waals surface area contributed by atoms with Crippen LogP contribution in [0.1, 0.15) is 10.4 Å². The van der Waals surface area contributed by atoms with Gasteiger partial charge >= 0.3 is 0 Å². The van der Waals surface area contributed by atoms with E-state index in [1.165, 1.54) is 6.20 Å². The van der Waals surface area contributed by atoms with Crippen LogP contribution in [-0.4, -0.2) is 15.7 Å². The first kappa shape index (κ1) is 17.7. The van der Waals surface area contributed by atoms with Crippen molar-refractivity contribution >= 4 is 50.7 Å². The molecule has 0 aliphatic rings.